The van der Waals surface area contributed by atoms with Crippen molar-refractivity contribution >= 4 is 21.6 Å². The van der Waals surface area contributed by atoms with Gasteiger partial charge in [0.05, 0.1) is 4.90 Å². The van der Waals surface area contributed by atoms with E-state index in [-0.39, 0.29) is 6.04 Å². The van der Waals surface area contributed by atoms with Gasteiger partial charge in [-0.25, -0.2) is 8.42 Å². The highest BCUT2D eigenvalue weighted by Gasteiger charge is 2.32. The maximum absolute atomic E-state index is 13.1. The lowest BCUT2D eigenvalue weighted by atomic mass is 10.1. The summed E-state index contributed by atoms with van der Waals surface area (Å²) in [6, 6.07) is 5.59. The third-order valence-electron chi connectivity index (χ3n) is 4.29. The molecule has 0 aromatic heterocycles. The molecule has 1 heterocycles. The number of hydrogen-bond acceptors (Lipinski definition) is 2. The maximum Gasteiger partial charge on any atom is 0.243 e. The third kappa shape index (κ3) is 3.61. The average molecular weight is 330 g/mol. The molecule has 1 aliphatic heterocycles. The highest BCUT2D eigenvalue weighted by Crippen LogP contribution is 2.28. The van der Waals surface area contributed by atoms with E-state index >= 15 is 0 Å². The molecule has 0 N–H and O–H groups in total. The molecule has 0 radical (unpaired) electrons. The summed E-state index contributed by atoms with van der Waals surface area (Å²) < 4.78 is 27.9. The Hall–Kier alpha value is -0.580. The third-order valence-corrected chi connectivity index (χ3v) is 6.69. The molecule has 0 aliphatic carbocycles. The van der Waals surface area contributed by atoms with Gasteiger partial charge in [-0.2, -0.15) is 4.31 Å². The number of rotatable bonds is 4. The van der Waals surface area contributed by atoms with Crippen molar-refractivity contribution in [1.82, 2.24) is 4.31 Å². The quantitative estimate of drug-likeness (QED) is 0.781. The fraction of sp³-hybridized carbons (Fsp3) is 0.625. The van der Waals surface area contributed by atoms with Gasteiger partial charge in [0.25, 0.3) is 0 Å². The molecule has 1 aliphatic rings. The summed E-state index contributed by atoms with van der Waals surface area (Å²) in [5, 5.41) is 0. The first-order valence-corrected chi connectivity index (χ1v) is 9.65. The van der Waals surface area contributed by atoms with E-state index in [1.807, 2.05) is 19.1 Å². The first kappa shape index (κ1) is 16.8. The number of halogens is 1. The summed E-state index contributed by atoms with van der Waals surface area (Å²) in [7, 11) is -3.44. The Labute approximate surface area is 133 Å². The second-order valence-corrected chi connectivity index (χ2v) is 7.89. The molecule has 118 valence electrons. The Bertz CT molecular complexity index is 586. The van der Waals surface area contributed by atoms with E-state index in [9.17, 15) is 8.42 Å². The van der Waals surface area contributed by atoms with Crippen LogP contribution in [0.4, 0.5) is 0 Å². The first-order valence-electron chi connectivity index (χ1n) is 7.68. The van der Waals surface area contributed by atoms with E-state index in [2.05, 4.69) is 6.92 Å². The van der Waals surface area contributed by atoms with Crippen molar-refractivity contribution < 1.29 is 8.42 Å². The van der Waals surface area contributed by atoms with E-state index in [1.54, 1.807) is 10.4 Å². The zero-order valence-electron chi connectivity index (χ0n) is 12.8. The van der Waals surface area contributed by atoms with Gasteiger partial charge in [0.1, 0.15) is 0 Å². The molecule has 0 bridgehead atoms. The van der Waals surface area contributed by atoms with Gasteiger partial charge in [0.15, 0.2) is 0 Å². The van der Waals surface area contributed by atoms with Crippen molar-refractivity contribution in [2.45, 2.75) is 62.8 Å². The van der Waals surface area contributed by atoms with Crippen molar-refractivity contribution in [2.24, 2.45) is 0 Å². The number of alkyl halides is 1. The van der Waals surface area contributed by atoms with Gasteiger partial charge in [-0.15, -0.1) is 11.6 Å². The van der Waals surface area contributed by atoms with Crippen LogP contribution in [0.25, 0.3) is 0 Å². The molecule has 1 fully saturated rings. The van der Waals surface area contributed by atoms with Gasteiger partial charge in [-0.05, 0) is 43.4 Å². The highest BCUT2D eigenvalue weighted by atomic mass is 35.5. The Kier molecular flexibility index (Phi) is 5.69. The highest BCUT2D eigenvalue weighted by molar-refractivity contribution is 7.89. The smallest absolute Gasteiger partial charge is 0.207 e. The molecule has 1 aromatic carbocycles. The Morgan fingerprint density at radius 3 is 2.71 bits per heavy atom. The second-order valence-electron chi connectivity index (χ2n) is 5.76. The Morgan fingerprint density at radius 1 is 1.29 bits per heavy atom. The zero-order chi connectivity index (χ0) is 15.5. The van der Waals surface area contributed by atoms with Crippen LogP contribution in [-0.2, 0) is 15.9 Å². The lowest BCUT2D eigenvalue weighted by molar-refractivity contribution is 0.315. The van der Waals surface area contributed by atoms with E-state index in [4.69, 9.17) is 11.6 Å². The number of nitrogens with zero attached hydrogens (tertiary/aromatic N) is 1. The zero-order valence-corrected chi connectivity index (χ0v) is 14.4. The summed E-state index contributed by atoms with van der Waals surface area (Å²) in [6.07, 6.45) is 5.01. The SMILES string of the molecule is CCC1CCCCCN1S(=O)(=O)c1cc(CCl)ccc1C. The van der Waals surface area contributed by atoms with Crippen LogP contribution in [0, 0.1) is 6.92 Å². The van der Waals surface area contributed by atoms with Crippen LogP contribution in [-0.4, -0.2) is 25.3 Å². The second kappa shape index (κ2) is 7.12. The van der Waals surface area contributed by atoms with Gasteiger partial charge in [0.2, 0.25) is 10.0 Å². The summed E-state index contributed by atoms with van der Waals surface area (Å²) in [5.74, 6) is 0.333. The Morgan fingerprint density at radius 2 is 2.05 bits per heavy atom. The van der Waals surface area contributed by atoms with E-state index in [0.29, 0.717) is 17.3 Å². The molecular formula is C16H24ClNO2S. The standard InChI is InChI=1S/C16H24ClNO2S/c1-3-15-7-5-4-6-10-18(15)21(19,20)16-11-14(12-17)9-8-13(16)2/h8-9,11,15H,3-7,10,12H2,1-2H3. The number of sulfonamides is 1. The van der Waals surface area contributed by atoms with E-state index in [1.165, 1.54) is 0 Å². The molecule has 0 saturated carbocycles. The van der Waals surface area contributed by atoms with Crippen molar-refractivity contribution in [2.75, 3.05) is 6.54 Å². The van der Waals surface area contributed by atoms with Gasteiger partial charge in [-0.1, -0.05) is 31.9 Å². The lowest BCUT2D eigenvalue weighted by Gasteiger charge is -2.29. The summed E-state index contributed by atoms with van der Waals surface area (Å²) in [6.45, 7) is 4.55. The molecule has 0 spiro atoms. The number of benzene rings is 1. The molecule has 1 saturated heterocycles. The normalized spacial score (nSPS) is 21.2. The van der Waals surface area contributed by atoms with Crippen LogP contribution in [0.5, 0.6) is 0 Å². The van der Waals surface area contributed by atoms with Crippen LogP contribution in [0.2, 0.25) is 0 Å². The van der Waals surface area contributed by atoms with E-state index in [0.717, 1.165) is 43.2 Å². The van der Waals surface area contributed by atoms with Crippen LogP contribution in [0.1, 0.15) is 50.2 Å². The fourth-order valence-corrected chi connectivity index (χ4v) is 5.22. The molecule has 2 rings (SSSR count). The number of hydrogen-bond donors (Lipinski definition) is 0. The maximum atomic E-state index is 13.1. The van der Waals surface area contributed by atoms with Crippen LogP contribution in [0.15, 0.2) is 23.1 Å². The summed E-state index contributed by atoms with van der Waals surface area (Å²) in [4.78, 5) is 0.418. The van der Waals surface area contributed by atoms with E-state index < -0.39 is 10.0 Å². The Balaban J connectivity index is 2.44. The van der Waals surface area contributed by atoms with Gasteiger partial charge in [0, 0.05) is 18.5 Å². The summed E-state index contributed by atoms with van der Waals surface area (Å²) in [5.41, 5.74) is 1.65. The minimum Gasteiger partial charge on any atom is -0.207 e. The van der Waals surface area contributed by atoms with Gasteiger partial charge >= 0.3 is 0 Å². The minimum atomic E-state index is -3.44. The van der Waals surface area contributed by atoms with Crippen LogP contribution >= 0.6 is 11.6 Å². The van der Waals surface area contributed by atoms with Crippen LogP contribution < -0.4 is 0 Å². The monoisotopic (exact) mass is 329 g/mol. The van der Waals surface area contributed by atoms with Crippen molar-refractivity contribution in [3.63, 3.8) is 0 Å². The largest absolute Gasteiger partial charge is 0.243 e. The molecular weight excluding hydrogens is 306 g/mol. The fourth-order valence-electron chi connectivity index (χ4n) is 3.01. The van der Waals surface area contributed by atoms with Crippen molar-refractivity contribution in [1.29, 1.82) is 0 Å². The number of aryl methyl sites for hydroxylation is 1. The predicted octanol–water partition coefficient (Wildman–Crippen LogP) is 4.08. The molecule has 1 aromatic rings. The van der Waals surface area contributed by atoms with Gasteiger partial charge < -0.3 is 0 Å². The summed E-state index contributed by atoms with van der Waals surface area (Å²) >= 11 is 5.86. The topological polar surface area (TPSA) is 37.4 Å². The van der Waals surface area contributed by atoms with Crippen molar-refractivity contribution in [3.05, 3.63) is 29.3 Å². The molecule has 1 atom stereocenters. The first-order chi connectivity index (χ1) is 10.0. The predicted molar refractivity (Wildman–Crippen MR) is 87.2 cm³/mol. The van der Waals surface area contributed by atoms with Crippen molar-refractivity contribution in [3.8, 4) is 0 Å². The molecule has 3 nitrogen and oxygen atoms in total. The minimum absolute atomic E-state index is 0.122. The molecule has 5 heteroatoms. The van der Waals surface area contributed by atoms with Gasteiger partial charge in [-0.3, -0.25) is 0 Å². The lowest BCUT2D eigenvalue weighted by Crippen LogP contribution is -2.39. The van der Waals surface area contributed by atoms with Crippen LogP contribution in [0.3, 0.4) is 0 Å². The molecule has 21 heavy (non-hydrogen) atoms. The molecule has 0 amide bonds. The average Bonchev–Trinajstić information content (AvgIpc) is 2.73. The molecule has 1 unspecified atom stereocenters.